The van der Waals surface area contributed by atoms with Gasteiger partial charge >= 0.3 is 18.2 Å². The molecular formula is C33H42ClN3O8. The van der Waals surface area contributed by atoms with Crippen LogP contribution < -0.4 is 5.32 Å². The standard InChI is InChI=1S/C33H42ClN3O8/c1-32(2,3)45-30(42)35-25-13-8-6-4-5-7-11-21-15-33(21,29(40)41)16-27(38)26-14-22(18-37(26)28(25)39)44-31(43)36-17-20-10-9-12-24(34)23(20)19-36/h7,9-12,21-22,25-26H,4-6,8,13-19H2,1-3H3,(H,35,42)(H,40,41)/b11-7-/t21-,22-,25+,26?,33-/m1/s1. The number of amides is 3. The first-order valence-electron chi connectivity index (χ1n) is 15.7. The summed E-state index contributed by atoms with van der Waals surface area (Å²) in [5, 5.41) is 13.4. The SMILES string of the molecule is CC(C)(C)OC(=O)N[C@H]1CCCCC/C=C\[C@@H]2C[C@@]2(C(=O)O)CC(=O)C2C[C@@H](OC(=O)N3Cc4cccc(Cl)c4C3)CN2C1=O. The maximum Gasteiger partial charge on any atom is 0.410 e. The van der Waals surface area contributed by atoms with E-state index in [4.69, 9.17) is 21.1 Å². The quantitative estimate of drug-likeness (QED) is 0.427. The zero-order chi connectivity index (χ0) is 32.5. The van der Waals surface area contributed by atoms with Crippen molar-refractivity contribution in [2.75, 3.05) is 6.54 Å². The van der Waals surface area contributed by atoms with Crippen LogP contribution in [0.2, 0.25) is 5.02 Å². The molecule has 3 amide bonds. The maximum atomic E-state index is 14.1. The third-order valence-electron chi connectivity index (χ3n) is 9.14. The minimum Gasteiger partial charge on any atom is -0.481 e. The molecule has 1 unspecified atom stereocenters. The molecule has 2 N–H and O–H groups in total. The number of fused-ring (bicyclic) bond motifs is 3. The van der Waals surface area contributed by atoms with E-state index in [1.165, 1.54) is 9.80 Å². The molecule has 4 aliphatic rings. The number of carboxylic acids is 1. The molecule has 45 heavy (non-hydrogen) atoms. The van der Waals surface area contributed by atoms with Crippen LogP contribution in [0.5, 0.6) is 0 Å². The van der Waals surface area contributed by atoms with E-state index in [0.29, 0.717) is 30.8 Å². The summed E-state index contributed by atoms with van der Waals surface area (Å²) in [6.07, 6.45) is 5.25. The highest BCUT2D eigenvalue weighted by Gasteiger charge is 2.61. The Bertz CT molecular complexity index is 1390. The lowest BCUT2D eigenvalue weighted by Crippen LogP contribution is -2.52. The van der Waals surface area contributed by atoms with Gasteiger partial charge < -0.3 is 24.8 Å². The summed E-state index contributed by atoms with van der Waals surface area (Å²) in [6.45, 7) is 5.72. The van der Waals surface area contributed by atoms with Gasteiger partial charge in [0.05, 0.1) is 24.5 Å². The molecule has 5 atom stereocenters. The molecule has 0 radical (unpaired) electrons. The van der Waals surface area contributed by atoms with Crippen LogP contribution in [0.15, 0.2) is 30.4 Å². The fourth-order valence-corrected chi connectivity index (χ4v) is 6.91. The number of ketones is 1. The van der Waals surface area contributed by atoms with Crippen LogP contribution in [0.3, 0.4) is 0 Å². The molecular weight excluding hydrogens is 602 g/mol. The molecule has 0 bridgehead atoms. The van der Waals surface area contributed by atoms with Crippen LogP contribution in [-0.4, -0.2) is 75.1 Å². The predicted octanol–water partition coefficient (Wildman–Crippen LogP) is 5.23. The lowest BCUT2D eigenvalue weighted by Gasteiger charge is -2.30. The van der Waals surface area contributed by atoms with E-state index in [9.17, 15) is 29.1 Å². The average Bonchev–Trinajstić information content (AvgIpc) is 3.27. The Kier molecular flexibility index (Phi) is 9.49. The van der Waals surface area contributed by atoms with Crippen LogP contribution in [0.4, 0.5) is 9.59 Å². The zero-order valence-electron chi connectivity index (χ0n) is 26.1. The summed E-state index contributed by atoms with van der Waals surface area (Å²) in [5.74, 6) is -2.17. The lowest BCUT2D eigenvalue weighted by molar-refractivity contribution is -0.147. The number of nitrogens with one attached hydrogen (secondary N) is 1. The van der Waals surface area contributed by atoms with Gasteiger partial charge in [0.25, 0.3) is 0 Å². The van der Waals surface area contributed by atoms with Gasteiger partial charge in [-0.2, -0.15) is 0 Å². The number of hydrogen-bond acceptors (Lipinski definition) is 7. The Morgan fingerprint density at radius 1 is 1.11 bits per heavy atom. The third kappa shape index (κ3) is 7.45. The molecule has 2 fully saturated rings. The van der Waals surface area contributed by atoms with Crippen LogP contribution in [0, 0.1) is 11.3 Å². The van der Waals surface area contributed by atoms with E-state index in [1.807, 2.05) is 24.3 Å². The largest absolute Gasteiger partial charge is 0.481 e. The molecule has 5 rings (SSSR count). The van der Waals surface area contributed by atoms with Gasteiger partial charge in [-0.05, 0) is 69.6 Å². The number of allylic oxidation sites excluding steroid dienone is 2. The first kappa shape index (κ1) is 32.8. The number of halogens is 1. The highest BCUT2D eigenvalue weighted by molar-refractivity contribution is 6.31. The molecule has 1 aromatic carbocycles. The number of benzene rings is 1. The fourth-order valence-electron chi connectivity index (χ4n) is 6.65. The van der Waals surface area contributed by atoms with Gasteiger partial charge in [0.15, 0.2) is 5.78 Å². The van der Waals surface area contributed by atoms with E-state index < -0.39 is 59.0 Å². The van der Waals surface area contributed by atoms with Crippen molar-refractivity contribution >= 4 is 41.4 Å². The summed E-state index contributed by atoms with van der Waals surface area (Å²) in [6, 6.07) is 3.51. The summed E-state index contributed by atoms with van der Waals surface area (Å²) < 4.78 is 11.3. The van der Waals surface area contributed by atoms with E-state index in [0.717, 1.165) is 30.4 Å². The van der Waals surface area contributed by atoms with Gasteiger partial charge in [0.2, 0.25) is 5.91 Å². The minimum atomic E-state index is -1.22. The Morgan fingerprint density at radius 3 is 2.60 bits per heavy atom. The molecule has 1 aromatic rings. The van der Waals surface area contributed by atoms with Crippen LogP contribution >= 0.6 is 11.6 Å². The first-order valence-corrected chi connectivity index (χ1v) is 16.1. The highest BCUT2D eigenvalue weighted by atomic mass is 35.5. The van der Waals surface area contributed by atoms with Gasteiger partial charge in [0, 0.05) is 24.4 Å². The van der Waals surface area contributed by atoms with Crippen molar-refractivity contribution in [3.63, 3.8) is 0 Å². The van der Waals surface area contributed by atoms with Crippen molar-refractivity contribution in [2.24, 2.45) is 11.3 Å². The lowest BCUT2D eigenvalue weighted by atomic mass is 9.92. The van der Waals surface area contributed by atoms with Crippen molar-refractivity contribution in [2.45, 2.75) is 109 Å². The Labute approximate surface area is 268 Å². The Morgan fingerprint density at radius 2 is 1.89 bits per heavy atom. The number of hydrogen-bond donors (Lipinski definition) is 2. The van der Waals surface area contributed by atoms with Crippen LogP contribution in [0.25, 0.3) is 0 Å². The number of aliphatic carboxylic acids is 1. The second-order valence-electron chi connectivity index (χ2n) is 13.7. The number of ether oxygens (including phenoxy) is 2. The first-order chi connectivity index (χ1) is 21.3. The summed E-state index contributed by atoms with van der Waals surface area (Å²) in [4.78, 5) is 69.2. The van der Waals surface area contributed by atoms with E-state index in [2.05, 4.69) is 5.32 Å². The predicted molar refractivity (Wildman–Crippen MR) is 164 cm³/mol. The monoisotopic (exact) mass is 643 g/mol. The van der Waals surface area contributed by atoms with Gasteiger partial charge in [-0.25, -0.2) is 9.59 Å². The van der Waals surface area contributed by atoms with Crippen molar-refractivity contribution < 1.29 is 38.6 Å². The second kappa shape index (κ2) is 13.0. The molecule has 1 saturated carbocycles. The molecule has 1 aliphatic carbocycles. The van der Waals surface area contributed by atoms with Gasteiger partial charge in [-0.15, -0.1) is 0 Å². The zero-order valence-corrected chi connectivity index (χ0v) is 26.8. The number of nitrogens with zero attached hydrogens (tertiary/aromatic N) is 2. The van der Waals surface area contributed by atoms with E-state index in [-0.39, 0.29) is 31.8 Å². The van der Waals surface area contributed by atoms with E-state index >= 15 is 0 Å². The number of carbonyl (C=O) groups is 5. The minimum absolute atomic E-state index is 0.0349. The normalized spacial score (nSPS) is 29.4. The molecule has 1 saturated heterocycles. The van der Waals surface area contributed by atoms with Gasteiger partial charge in [-0.1, -0.05) is 48.7 Å². The van der Waals surface area contributed by atoms with Crippen molar-refractivity contribution in [3.8, 4) is 0 Å². The molecule has 0 spiro atoms. The number of carbonyl (C=O) groups excluding carboxylic acids is 4. The van der Waals surface area contributed by atoms with Gasteiger partial charge in [0.1, 0.15) is 17.7 Å². The van der Waals surface area contributed by atoms with Crippen molar-refractivity contribution in [1.29, 1.82) is 0 Å². The number of rotatable bonds is 3. The number of Topliss-reactive ketones (excluding diaryl/α,β-unsaturated/α-hetero) is 1. The highest BCUT2D eigenvalue weighted by Crippen LogP contribution is 2.57. The summed E-state index contributed by atoms with van der Waals surface area (Å²) in [7, 11) is 0. The fraction of sp³-hybridized carbons (Fsp3) is 0.606. The molecule has 12 heteroatoms. The van der Waals surface area contributed by atoms with Crippen molar-refractivity contribution in [3.05, 3.63) is 46.5 Å². The third-order valence-corrected chi connectivity index (χ3v) is 9.49. The topological polar surface area (TPSA) is 143 Å². The number of carboxylic acid groups (broad SMARTS) is 1. The van der Waals surface area contributed by atoms with E-state index in [1.54, 1.807) is 26.8 Å². The number of alkyl carbamates (subject to hydrolysis) is 1. The maximum absolute atomic E-state index is 14.1. The van der Waals surface area contributed by atoms with Crippen LogP contribution in [-0.2, 0) is 36.9 Å². The molecule has 0 aromatic heterocycles. The molecule has 11 nitrogen and oxygen atoms in total. The molecule has 3 aliphatic heterocycles. The van der Waals surface area contributed by atoms with Crippen LogP contribution in [0.1, 0.15) is 83.3 Å². The molecule has 3 heterocycles. The summed E-state index contributed by atoms with van der Waals surface area (Å²) in [5.41, 5.74) is -0.224. The van der Waals surface area contributed by atoms with Gasteiger partial charge in [-0.3, -0.25) is 19.3 Å². The second-order valence-corrected chi connectivity index (χ2v) is 14.1. The smallest absolute Gasteiger partial charge is 0.410 e. The summed E-state index contributed by atoms with van der Waals surface area (Å²) >= 11 is 6.32. The average molecular weight is 644 g/mol. The Balaban J connectivity index is 1.37. The molecule has 244 valence electrons. The Hall–Kier alpha value is -3.60. The van der Waals surface area contributed by atoms with Crippen molar-refractivity contribution in [1.82, 2.24) is 15.1 Å².